The number of ether oxygens (including phenoxy) is 2. The normalized spacial score (nSPS) is 18.5. The Balaban J connectivity index is 0.00000280. The lowest BCUT2D eigenvalue weighted by atomic mass is 10.1. The van der Waals surface area contributed by atoms with Gasteiger partial charge in [0.15, 0.2) is 0 Å². The minimum atomic E-state index is -0.522. The summed E-state index contributed by atoms with van der Waals surface area (Å²) in [5, 5.41) is 14.7. The first kappa shape index (κ1) is 22.7. The highest BCUT2D eigenvalue weighted by Crippen LogP contribution is 2.14. The van der Waals surface area contributed by atoms with Gasteiger partial charge in [0.1, 0.15) is 18.5 Å². The number of aliphatic hydroxyl groups excluding tert-OH is 1. The number of hydrogen-bond acceptors (Lipinski definition) is 5. The van der Waals surface area contributed by atoms with Crippen LogP contribution in [0.15, 0.2) is 36.7 Å². The molecule has 28 heavy (non-hydrogen) atoms. The first-order valence-electron chi connectivity index (χ1n) is 9.85. The van der Waals surface area contributed by atoms with E-state index in [2.05, 4.69) is 29.1 Å². The highest BCUT2D eigenvalue weighted by atomic mass is 35.5. The summed E-state index contributed by atoms with van der Waals surface area (Å²) in [6.07, 6.45) is 5.68. The largest absolute Gasteiger partial charge is 0.491 e. The van der Waals surface area contributed by atoms with Crippen molar-refractivity contribution < 1.29 is 14.6 Å². The summed E-state index contributed by atoms with van der Waals surface area (Å²) in [5.41, 5.74) is 2.47. The molecule has 7 heteroatoms. The van der Waals surface area contributed by atoms with Crippen LogP contribution in [-0.2, 0) is 17.7 Å². The third kappa shape index (κ3) is 7.09. The van der Waals surface area contributed by atoms with E-state index in [-0.39, 0.29) is 18.5 Å². The second kappa shape index (κ2) is 11.4. The molecule has 3 rings (SSSR count). The number of hydrogen-bond donors (Lipinski definition) is 1. The number of aliphatic hydroxyl groups is 1. The lowest BCUT2D eigenvalue weighted by molar-refractivity contribution is -0.0517. The zero-order valence-electron chi connectivity index (χ0n) is 16.8. The summed E-state index contributed by atoms with van der Waals surface area (Å²) in [6, 6.07) is 8.15. The number of benzene rings is 1. The zero-order valence-corrected chi connectivity index (χ0v) is 17.6. The van der Waals surface area contributed by atoms with Gasteiger partial charge >= 0.3 is 0 Å². The standard InChI is InChI=1S/C21H31N3O3.ClH/c1-3-4-18-5-7-20(8-6-18)27-16-19(25)13-23-9-10-26-21(14-23)15-24-12-17(2)11-22-24;/h5-8,11-12,19,21,25H,3-4,9-10,13-16H2,1-2H3;1H. The van der Waals surface area contributed by atoms with Crippen LogP contribution in [0.5, 0.6) is 5.75 Å². The fraction of sp³-hybridized carbons (Fsp3) is 0.571. The van der Waals surface area contributed by atoms with Gasteiger partial charge in [0.2, 0.25) is 0 Å². The molecule has 0 spiro atoms. The molecular weight excluding hydrogens is 378 g/mol. The average molecular weight is 410 g/mol. The molecule has 1 N–H and O–H groups in total. The van der Waals surface area contributed by atoms with Gasteiger partial charge in [0, 0.05) is 25.8 Å². The summed E-state index contributed by atoms with van der Waals surface area (Å²) in [7, 11) is 0. The van der Waals surface area contributed by atoms with Crippen LogP contribution in [0.25, 0.3) is 0 Å². The van der Waals surface area contributed by atoms with E-state index in [1.54, 1.807) is 0 Å². The maximum absolute atomic E-state index is 10.4. The van der Waals surface area contributed by atoms with Gasteiger partial charge in [-0.2, -0.15) is 5.10 Å². The van der Waals surface area contributed by atoms with E-state index >= 15 is 0 Å². The molecule has 2 unspecified atom stereocenters. The van der Waals surface area contributed by atoms with Crippen molar-refractivity contribution in [1.82, 2.24) is 14.7 Å². The predicted molar refractivity (Wildman–Crippen MR) is 112 cm³/mol. The highest BCUT2D eigenvalue weighted by molar-refractivity contribution is 5.85. The van der Waals surface area contributed by atoms with Crippen LogP contribution in [0.2, 0.25) is 0 Å². The number of morpholine rings is 1. The molecule has 0 bridgehead atoms. The van der Waals surface area contributed by atoms with E-state index in [1.165, 1.54) is 5.56 Å². The summed E-state index contributed by atoms with van der Waals surface area (Å²) in [6.45, 7) is 8.13. The molecule has 0 aliphatic carbocycles. The van der Waals surface area contributed by atoms with Crippen LogP contribution in [0, 0.1) is 6.92 Å². The van der Waals surface area contributed by atoms with Crippen molar-refractivity contribution in [3.8, 4) is 5.75 Å². The van der Waals surface area contributed by atoms with Gasteiger partial charge in [0.25, 0.3) is 0 Å². The van der Waals surface area contributed by atoms with Crippen LogP contribution >= 0.6 is 12.4 Å². The Hall–Kier alpha value is -1.60. The fourth-order valence-corrected chi connectivity index (χ4v) is 3.42. The Morgan fingerprint density at radius 2 is 2.11 bits per heavy atom. The van der Waals surface area contributed by atoms with Gasteiger partial charge in [0.05, 0.1) is 25.5 Å². The number of halogens is 1. The van der Waals surface area contributed by atoms with Gasteiger partial charge in [-0.15, -0.1) is 12.4 Å². The lowest BCUT2D eigenvalue weighted by Crippen LogP contribution is -2.47. The maximum Gasteiger partial charge on any atom is 0.119 e. The van der Waals surface area contributed by atoms with Crippen LogP contribution in [0.3, 0.4) is 0 Å². The smallest absolute Gasteiger partial charge is 0.119 e. The van der Waals surface area contributed by atoms with Crippen LogP contribution in [0.1, 0.15) is 24.5 Å². The van der Waals surface area contributed by atoms with Gasteiger partial charge in [-0.05, 0) is 36.6 Å². The minimum absolute atomic E-state index is 0. The first-order chi connectivity index (χ1) is 13.1. The van der Waals surface area contributed by atoms with E-state index in [1.807, 2.05) is 36.1 Å². The highest BCUT2D eigenvalue weighted by Gasteiger charge is 2.23. The van der Waals surface area contributed by atoms with E-state index < -0.39 is 6.10 Å². The van der Waals surface area contributed by atoms with E-state index in [0.29, 0.717) is 19.8 Å². The lowest BCUT2D eigenvalue weighted by Gasteiger charge is -2.34. The van der Waals surface area contributed by atoms with Crippen molar-refractivity contribution in [2.24, 2.45) is 0 Å². The van der Waals surface area contributed by atoms with Gasteiger partial charge in [-0.1, -0.05) is 25.5 Å². The number of rotatable bonds is 9. The quantitative estimate of drug-likeness (QED) is 0.690. The van der Waals surface area contributed by atoms with Crippen molar-refractivity contribution in [1.29, 1.82) is 0 Å². The molecule has 6 nitrogen and oxygen atoms in total. The van der Waals surface area contributed by atoms with Crippen molar-refractivity contribution >= 4 is 12.4 Å². The van der Waals surface area contributed by atoms with Crippen molar-refractivity contribution in [2.45, 2.75) is 45.4 Å². The summed E-state index contributed by atoms with van der Waals surface area (Å²) >= 11 is 0. The van der Waals surface area contributed by atoms with E-state index in [4.69, 9.17) is 9.47 Å². The molecule has 2 aromatic rings. The Morgan fingerprint density at radius 3 is 2.79 bits per heavy atom. The molecule has 1 aliphatic heterocycles. The molecule has 1 aromatic carbocycles. The van der Waals surface area contributed by atoms with Crippen molar-refractivity contribution in [2.75, 3.05) is 32.8 Å². The molecule has 0 amide bonds. The maximum atomic E-state index is 10.4. The summed E-state index contributed by atoms with van der Waals surface area (Å²) < 4.78 is 13.5. The van der Waals surface area contributed by atoms with Crippen LogP contribution in [-0.4, -0.2) is 64.8 Å². The van der Waals surface area contributed by atoms with Gasteiger partial charge < -0.3 is 14.6 Å². The number of aromatic nitrogens is 2. The van der Waals surface area contributed by atoms with Crippen LogP contribution < -0.4 is 4.74 Å². The molecule has 1 aromatic heterocycles. The molecule has 156 valence electrons. The number of nitrogens with zero attached hydrogens (tertiary/aromatic N) is 3. The monoisotopic (exact) mass is 409 g/mol. The van der Waals surface area contributed by atoms with Crippen LogP contribution in [0.4, 0.5) is 0 Å². The zero-order chi connectivity index (χ0) is 19.1. The molecular formula is C21H32ClN3O3. The molecule has 1 aliphatic rings. The minimum Gasteiger partial charge on any atom is -0.491 e. The van der Waals surface area contributed by atoms with Gasteiger partial charge in [-0.25, -0.2) is 0 Å². The Morgan fingerprint density at radius 1 is 1.32 bits per heavy atom. The Bertz CT molecular complexity index is 692. The molecule has 0 saturated carbocycles. The summed E-state index contributed by atoms with van der Waals surface area (Å²) in [5.74, 6) is 0.808. The molecule has 1 fully saturated rings. The second-order valence-corrected chi connectivity index (χ2v) is 7.35. The third-order valence-corrected chi connectivity index (χ3v) is 4.75. The number of β-amino-alcohol motifs (C(OH)–C–C–N with tert-alkyl or cyclic N) is 1. The second-order valence-electron chi connectivity index (χ2n) is 7.35. The molecule has 0 radical (unpaired) electrons. The predicted octanol–water partition coefficient (Wildman–Crippen LogP) is 2.71. The molecule has 1 saturated heterocycles. The number of aryl methyl sites for hydroxylation is 2. The SMILES string of the molecule is CCCc1ccc(OCC(O)CN2CCOC(Cn3cc(C)cn3)C2)cc1.Cl. The first-order valence-corrected chi connectivity index (χ1v) is 9.85. The topological polar surface area (TPSA) is 59.8 Å². The van der Waals surface area contributed by atoms with Crippen molar-refractivity contribution in [3.05, 3.63) is 47.8 Å². The molecule has 2 heterocycles. The van der Waals surface area contributed by atoms with Crippen molar-refractivity contribution in [3.63, 3.8) is 0 Å². The van der Waals surface area contributed by atoms with E-state index in [9.17, 15) is 5.11 Å². The van der Waals surface area contributed by atoms with E-state index in [0.717, 1.165) is 43.8 Å². The Labute approximate surface area is 173 Å². The average Bonchev–Trinajstić information content (AvgIpc) is 3.06. The summed E-state index contributed by atoms with van der Waals surface area (Å²) in [4.78, 5) is 2.24. The molecule has 2 atom stereocenters. The fourth-order valence-electron chi connectivity index (χ4n) is 3.42. The third-order valence-electron chi connectivity index (χ3n) is 4.75. The van der Waals surface area contributed by atoms with Gasteiger partial charge in [-0.3, -0.25) is 9.58 Å². The Kier molecular flexibility index (Phi) is 9.25.